The first-order valence-corrected chi connectivity index (χ1v) is 5.98. The summed E-state index contributed by atoms with van der Waals surface area (Å²) in [5, 5.41) is 0. The van der Waals surface area contributed by atoms with Gasteiger partial charge in [0, 0.05) is 0 Å². The first kappa shape index (κ1) is 17.0. The van der Waals surface area contributed by atoms with Crippen LogP contribution < -0.4 is 0 Å². The largest absolute Gasteiger partial charge is 0.460 e. The number of carbonyl (C=O) groups excluding carboxylic acids is 1. The molecule has 118 valence electrons. The summed E-state index contributed by atoms with van der Waals surface area (Å²) in [6, 6.07) is 0. The van der Waals surface area contributed by atoms with Gasteiger partial charge in [-0.2, -0.15) is 30.7 Å². The molecule has 0 heterocycles. The summed E-state index contributed by atoms with van der Waals surface area (Å²) in [6.45, 7) is -2.28. The summed E-state index contributed by atoms with van der Waals surface area (Å²) in [6.07, 6.45) is -3.51. The van der Waals surface area contributed by atoms with Crippen molar-refractivity contribution in [2.24, 2.45) is 5.92 Å². The van der Waals surface area contributed by atoms with E-state index in [0.29, 0.717) is 25.7 Å². The third-order valence-electron chi connectivity index (χ3n) is 3.15. The third kappa shape index (κ3) is 3.54. The standard InChI is InChI=1S/C11H13F7O2/c12-9(13,10(14,15)11(16,17)18)6-20-8(19)7-4-2-1-3-5-7/h7H,1-6H2. The van der Waals surface area contributed by atoms with Gasteiger partial charge in [0.2, 0.25) is 0 Å². The molecule has 20 heavy (non-hydrogen) atoms. The molecule has 0 bridgehead atoms. The lowest BCUT2D eigenvalue weighted by molar-refractivity contribution is -0.360. The fourth-order valence-electron chi connectivity index (χ4n) is 1.92. The highest BCUT2D eigenvalue weighted by atomic mass is 19.4. The molecule has 0 unspecified atom stereocenters. The van der Waals surface area contributed by atoms with Crippen molar-refractivity contribution in [1.82, 2.24) is 0 Å². The Labute approximate surface area is 110 Å². The van der Waals surface area contributed by atoms with Gasteiger partial charge in [0.25, 0.3) is 0 Å². The van der Waals surface area contributed by atoms with Crippen LogP contribution in [0.5, 0.6) is 0 Å². The Balaban J connectivity index is 2.60. The van der Waals surface area contributed by atoms with Crippen molar-refractivity contribution in [1.29, 1.82) is 0 Å². The van der Waals surface area contributed by atoms with E-state index < -0.39 is 36.5 Å². The van der Waals surface area contributed by atoms with Gasteiger partial charge in [0.05, 0.1) is 5.92 Å². The summed E-state index contributed by atoms with van der Waals surface area (Å²) >= 11 is 0. The van der Waals surface area contributed by atoms with Crippen LogP contribution in [-0.4, -0.2) is 30.6 Å². The van der Waals surface area contributed by atoms with E-state index in [1.165, 1.54) is 0 Å². The van der Waals surface area contributed by atoms with Crippen molar-refractivity contribution in [3.8, 4) is 0 Å². The van der Waals surface area contributed by atoms with Gasteiger partial charge in [0.1, 0.15) is 0 Å². The van der Waals surface area contributed by atoms with E-state index in [1.54, 1.807) is 0 Å². The van der Waals surface area contributed by atoms with Crippen molar-refractivity contribution in [2.45, 2.75) is 50.1 Å². The molecule has 1 rings (SSSR count). The molecule has 0 aromatic heterocycles. The quantitative estimate of drug-likeness (QED) is 0.581. The second-order valence-corrected chi connectivity index (χ2v) is 4.72. The van der Waals surface area contributed by atoms with Gasteiger partial charge < -0.3 is 4.74 Å². The SMILES string of the molecule is O=C(OCC(F)(F)C(F)(F)C(F)(F)F)C1CCCCC1. The summed E-state index contributed by atoms with van der Waals surface area (Å²) in [5.41, 5.74) is 0. The Kier molecular flexibility index (Phi) is 4.91. The number of halogens is 7. The average Bonchev–Trinajstić information content (AvgIpc) is 2.35. The molecule has 0 aliphatic heterocycles. The zero-order valence-corrected chi connectivity index (χ0v) is 10.3. The van der Waals surface area contributed by atoms with Crippen LogP contribution in [0.2, 0.25) is 0 Å². The second kappa shape index (κ2) is 5.77. The molecule has 0 aromatic carbocycles. The summed E-state index contributed by atoms with van der Waals surface area (Å²) in [5.74, 6) is -13.6. The van der Waals surface area contributed by atoms with E-state index in [1.807, 2.05) is 0 Å². The predicted octanol–water partition coefficient (Wildman–Crippen LogP) is 3.94. The zero-order chi connectivity index (χ0) is 15.6. The van der Waals surface area contributed by atoms with Gasteiger partial charge in [-0.15, -0.1) is 0 Å². The first-order valence-electron chi connectivity index (χ1n) is 5.98. The van der Waals surface area contributed by atoms with E-state index >= 15 is 0 Å². The molecule has 1 aliphatic carbocycles. The van der Waals surface area contributed by atoms with Crippen LogP contribution in [0.1, 0.15) is 32.1 Å². The van der Waals surface area contributed by atoms with Crippen molar-refractivity contribution in [2.75, 3.05) is 6.61 Å². The van der Waals surface area contributed by atoms with E-state index in [-0.39, 0.29) is 0 Å². The lowest BCUT2D eigenvalue weighted by Crippen LogP contribution is -2.54. The van der Waals surface area contributed by atoms with Crippen LogP contribution in [0.15, 0.2) is 0 Å². The molecule has 1 saturated carbocycles. The normalized spacial score (nSPS) is 18.9. The molecular formula is C11H13F7O2. The molecule has 0 N–H and O–H groups in total. The van der Waals surface area contributed by atoms with Crippen molar-refractivity contribution < 1.29 is 40.3 Å². The van der Waals surface area contributed by atoms with Crippen LogP contribution in [0.4, 0.5) is 30.7 Å². The maximum absolute atomic E-state index is 12.9. The molecule has 0 radical (unpaired) electrons. The Morgan fingerprint density at radius 2 is 1.45 bits per heavy atom. The monoisotopic (exact) mass is 310 g/mol. The minimum atomic E-state index is -6.41. The topological polar surface area (TPSA) is 26.3 Å². The maximum atomic E-state index is 12.9. The molecule has 0 saturated heterocycles. The second-order valence-electron chi connectivity index (χ2n) is 4.72. The smallest absolute Gasteiger partial charge is 0.459 e. The lowest BCUT2D eigenvalue weighted by atomic mass is 9.89. The van der Waals surface area contributed by atoms with Crippen molar-refractivity contribution >= 4 is 5.97 Å². The zero-order valence-electron chi connectivity index (χ0n) is 10.3. The molecule has 0 atom stereocenters. The van der Waals surface area contributed by atoms with Gasteiger partial charge in [0.15, 0.2) is 6.61 Å². The molecule has 1 fully saturated rings. The van der Waals surface area contributed by atoms with Crippen LogP contribution in [-0.2, 0) is 9.53 Å². The van der Waals surface area contributed by atoms with Gasteiger partial charge in [-0.1, -0.05) is 19.3 Å². The maximum Gasteiger partial charge on any atom is 0.460 e. The molecule has 0 aromatic rings. The Bertz CT molecular complexity index is 345. The highest BCUT2D eigenvalue weighted by molar-refractivity contribution is 5.72. The van der Waals surface area contributed by atoms with Crippen LogP contribution in [0.3, 0.4) is 0 Å². The minimum Gasteiger partial charge on any atom is -0.459 e. The molecule has 2 nitrogen and oxygen atoms in total. The van der Waals surface area contributed by atoms with Gasteiger partial charge in [-0.3, -0.25) is 4.79 Å². The average molecular weight is 310 g/mol. The number of rotatable bonds is 4. The highest BCUT2D eigenvalue weighted by Crippen LogP contribution is 2.46. The van der Waals surface area contributed by atoms with Crippen LogP contribution >= 0.6 is 0 Å². The molecule has 0 amide bonds. The fraction of sp³-hybridized carbons (Fsp3) is 0.909. The van der Waals surface area contributed by atoms with E-state index in [4.69, 9.17) is 0 Å². The van der Waals surface area contributed by atoms with E-state index in [2.05, 4.69) is 4.74 Å². The number of hydrogen-bond donors (Lipinski definition) is 0. The van der Waals surface area contributed by atoms with Gasteiger partial charge in [-0.05, 0) is 12.8 Å². The Morgan fingerprint density at radius 3 is 1.90 bits per heavy atom. The number of carbonyl (C=O) groups is 1. The number of esters is 1. The van der Waals surface area contributed by atoms with Crippen LogP contribution in [0.25, 0.3) is 0 Å². The Morgan fingerprint density at radius 1 is 0.950 bits per heavy atom. The van der Waals surface area contributed by atoms with Crippen LogP contribution in [0, 0.1) is 5.92 Å². The van der Waals surface area contributed by atoms with E-state index in [9.17, 15) is 35.5 Å². The van der Waals surface area contributed by atoms with Gasteiger partial charge in [-0.25, -0.2) is 0 Å². The minimum absolute atomic E-state index is 0.361. The number of ether oxygens (including phenoxy) is 1. The van der Waals surface area contributed by atoms with Crippen molar-refractivity contribution in [3.05, 3.63) is 0 Å². The van der Waals surface area contributed by atoms with Gasteiger partial charge >= 0.3 is 24.0 Å². The predicted molar refractivity (Wildman–Crippen MR) is 53.5 cm³/mol. The lowest BCUT2D eigenvalue weighted by Gasteiger charge is -2.28. The molecule has 9 heteroatoms. The number of hydrogen-bond acceptors (Lipinski definition) is 2. The molecule has 1 aliphatic rings. The van der Waals surface area contributed by atoms with Crippen molar-refractivity contribution in [3.63, 3.8) is 0 Å². The highest BCUT2D eigenvalue weighted by Gasteiger charge is 2.73. The molecular weight excluding hydrogens is 297 g/mol. The summed E-state index contributed by atoms with van der Waals surface area (Å²) in [4.78, 5) is 11.3. The molecule has 0 spiro atoms. The summed E-state index contributed by atoms with van der Waals surface area (Å²) < 4.78 is 90.3. The third-order valence-corrected chi connectivity index (χ3v) is 3.15. The first-order chi connectivity index (χ1) is 8.99. The fourth-order valence-corrected chi connectivity index (χ4v) is 1.92. The Hall–Kier alpha value is -1.02. The number of alkyl halides is 7. The van der Waals surface area contributed by atoms with E-state index in [0.717, 1.165) is 6.42 Å². The summed E-state index contributed by atoms with van der Waals surface area (Å²) in [7, 11) is 0.